The summed E-state index contributed by atoms with van der Waals surface area (Å²) in [6.45, 7) is 4.57. The number of aliphatic hydroxyl groups excluding tert-OH is 1. The molecule has 2 fully saturated rings. The number of rotatable bonds is 7. The highest BCUT2D eigenvalue weighted by molar-refractivity contribution is 5.31. The van der Waals surface area contributed by atoms with Crippen LogP contribution in [0.15, 0.2) is 30.3 Å². The molecule has 4 nitrogen and oxygen atoms in total. The fourth-order valence-electron chi connectivity index (χ4n) is 4.71. The summed E-state index contributed by atoms with van der Waals surface area (Å²) in [6, 6.07) is 10.4. The first-order valence-corrected chi connectivity index (χ1v) is 9.39. The largest absolute Gasteiger partial charge is 0.396 e. The van der Waals surface area contributed by atoms with Gasteiger partial charge in [-0.2, -0.15) is 0 Å². The Bertz CT molecular complexity index is 495. The summed E-state index contributed by atoms with van der Waals surface area (Å²) in [5.41, 5.74) is 0.109. The highest BCUT2D eigenvalue weighted by Crippen LogP contribution is 2.50. The van der Waals surface area contributed by atoms with Crippen LogP contribution in [0, 0.1) is 0 Å². The number of benzene rings is 1. The molecule has 0 unspecified atom stereocenters. The molecule has 1 atom stereocenters. The minimum absolute atomic E-state index is 0.111. The van der Waals surface area contributed by atoms with Crippen LogP contribution in [0.3, 0.4) is 0 Å². The number of morpholine rings is 1. The Morgan fingerprint density at radius 3 is 2.33 bits per heavy atom. The summed E-state index contributed by atoms with van der Waals surface area (Å²) < 4.78 is 5.45. The third kappa shape index (κ3) is 3.52. The van der Waals surface area contributed by atoms with Gasteiger partial charge in [-0.3, -0.25) is 4.90 Å². The van der Waals surface area contributed by atoms with Crippen molar-refractivity contribution in [1.29, 1.82) is 0 Å². The Kier molecular flexibility index (Phi) is 5.93. The molecule has 0 spiro atoms. The van der Waals surface area contributed by atoms with Crippen molar-refractivity contribution in [2.24, 2.45) is 0 Å². The Hall–Kier alpha value is -0.940. The second-order valence-corrected chi connectivity index (χ2v) is 7.36. The molecule has 1 aliphatic heterocycles. The Morgan fingerprint density at radius 2 is 1.71 bits per heavy atom. The monoisotopic (exact) mass is 333 g/mol. The minimum atomic E-state index is -0.705. The van der Waals surface area contributed by atoms with E-state index >= 15 is 0 Å². The van der Waals surface area contributed by atoms with E-state index in [0.29, 0.717) is 6.42 Å². The number of nitrogens with zero attached hydrogens (tertiary/aromatic N) is 1. The summed E-state index contributed by atoms with van der Waals surface area (Å²) in [7, 11) is 0. The van der Waals surface area contributed by atoms with Crippen LogP contribution in [0.1, 0.15) is 44.1 Å². The van der Waals surface area contributed by atoms with Crippen LogP contribution in [0.4, 0.5) is 0 Å². The molecule has 1 aromatic rings. The molecule has 0 bridgehead atoms. The smallest absolute Gasteiger partial charge is 0.0745 e. The fraction of sp³-hybridized carbons (Fsp3) is 0.700. The van der Waals surface area contributed by atoms with Crippen molar-refractivity contribution in [2.75, 3.05) is 39.5 Å². The van der Waals surface area contributed by atoms with Crippen LogP contribution in [-0.4, -0.2) is 60.2 Å². The topological polar surface area (TPSA) is 52.9 Å². The first kappa shape index (κ1) is 17.9. The maximum absolute atomic E-state index is 11.6. The molecule has 2 N–H and O–H groups in total. The van der Waals surface area contributed by atoms with E-state index < -0.39 is 5.60 Å². The third-order valence-corrected chi connectivity index (χ3v) is 6.14. The summed E-state index contributed by atoms with van der Waals surface area (Å²) in [5.74, 6) is 0. The summed E-state index contributed by atoms with van der Waals surface area (Å²) >= 11 is 0. The van der Waals surface area contributed by atoms with Crippen molar-refractivity contribution in [3.8, 4) is 0 Å². The molecule has 1 heterocycles. The van der Waals surface area contributed by atoms with E-state index in [1.54, 1.807) is 0 Å². The van der Waals surface area contributed by atoms with Crippen molar-refractivity contribution in [3.63, 3.8) is 0 Å². The number of hydrogen-bond donors (Lipinski definition) is 2. The van der Waals surface area contributed by atoms with Crippen LogP contribution < -0.4 is 0 Å². The Morgan fingerprint density at radius 1 is 1.04 bits per heavy atom. The lowest BCUT2D eigenvalue weighted by molar-refractivity contribution is -0.0560. The van der Waals surface area contributed by atoms with Gasteiger partial charge in [0.1, 0.15) is 0 Å². The molecule has 4 heteroatoms. The van der Waals surface area contributed by atoms with Gasteiger partial charge >= 0.3 is 0 Å². The van der Waals surface area contributed by atoms with Gasteiger partial charge in [0, 0.05) is 25.1 Å². The molecular weight excluding hydrogens is 302 g/mol. The molecular formula is C20H31NO3. The lowest BCUT2D eigenvalue weighted by Crippen LogP contribution is -2.52. The predicted molar refractivity (Wildman–Crippen MR) is 95.1 cm³/mol. The van der Waals surface area contributed by atoms with Crippen molar-refractivity contribution in [1.82, 2.24) is 4.90 Å². The molecule has 0 radical (unpaired) electrons. The average Bonchev–Trinajstić information content (AvgIpc) is 3.08. The van der Waals surface area contributed by atoms with Crippen molar-refractivity contribution >= 4 is 0 Å². The van der Waals surface area contributed by atoms with E-state index in [9.17, 15) is 10.2 Å². The number of hydrogen-bond acceptors (Lipinski definition) is 4. The molecule has 3 rings (SSSR count). The highest BCUT2D eigenvalue weighted by atomic mass is 16.5. The second-order valence-electron chi connectivity index (χ2n) is 7.36. The molecule has 1 aliphatic carbocycles. The Labute approximate surface area is 145 Å². The van der Waals surface area contributed by atoms with Gasteiger partial charge in [0.2, 0.25) is 0 Å². The zero-order valence-corrected chi connectivity index (χ0v) is 14.6. The van der Waals surface area contributed by atoms with E-state index in [4.69, 9.17) is 4.74 Å². The van der Waals surface area contributed by atoms with E-state index in [-0.39, 0.29) is 12.0 Å². The lowest BCUT2D eigenvalue weighted by atomic mass is 9.62. The molecule has 2 aliphatic rings. The van der Waals surface area contributed by atoms with Gasteiger partial charge < -0.3 is 14.9 Å². The van der Waals surface area contributed by atoms with Gasteiger partial charge in [-0.25, -0.2) is 0 Å². The lowest BCUT2D eigenvalue weighted by Gasteiger charge is -2.47. The SMILES string of the molecule is OCC[C@@](CCN1CCOCC1)(c1ccccc1)C1(O)CCCC1. The van der Waals surface area contributed by atoms with E-state index in [2.05, 4.69) is 29.2 Å². The van der Waals surface area contributed by atoms with Gasteiger partial charge in [0.15, 0.2) is 0 Å². The van der Waals surface area contributed by atoms with Crippen molar-refractivity contribution < 1.29 is 14.9 Å². The van der Waals surface area contributed by atoms with Crippen molar-refractivity contribution in [3.05, 3.63) is 35.9 Å². The van der Waals surface area contributed by atoms with Gasteiger partial charge in [-0.1, -0.05) is 43.2 Å². The van der Waals surface area contributed by atoms with E-state index in [1.807, 2.05) is 6.07 Å². The van der Waals surface area contributed by atoms with Crippen LogP contribution >= 0.6 is 0 Å². The number of aliphatic hydroxyl groups is 2. The van der Waals surface area contributed by atoms with Gasteiger partial charge in [-0.15, -0.1) is 0 Å². The zero-order chi connectivity index (χ0) is 16.9. The van der Waals surface area contributed by atoms with E-state index in [1.165, 1.54) is 5.56 Å². The minimum Gasteiger partial charge on any atom is -0.396 e. The summed E-state index contributed by atoms with van der Waals surface area (Å²) in [5, 5.41) is 21.4. The molecule has 24 heavy (non-hydrogen) atoms. The zero-order valence-electron chi connectivity index (χ0n) is 14.6. The average molecular weight is 333 g/mol. The quantitative estimate of drug-likeness (QED) is 0.804. The third-order valence-electron chi connectivity index (χ3n) is 6.14. The van der Waals surface area contributed by atoms with Crippen LogP contribution in [-0.2, 0) is 10.2 Å². The molecule has 0 aromatic heterocycles. The summed E-state index contributed by atoms with van der Waals surface area (Å²) in [6.07, 6.45) is 5.34. The molecule has 1 saturated heterocycles. The first-order chi connectivity index (χ1) is 11.7. The molecule has 1 aromatic carbocycles. The normalized spacial score (nSPS) is 23.9. The Balaban J connectivity index is 1.88. The second kappa shape index (κ2) is 7.96. The van der Waals surface area contributed by atoms with Gasteiger partial charge in [-0.05, 0) is 37.8 Å². The molecule has 0 amide bonds. The molecule has 1 saturated carbocycles. The van der Waals surface area contributed by atoms with Gasteiger partial charge in [0.25, 0.3) is 0 Å². The first-order valence-electron chi connectivity index (χ1n) is 9.39. The number of ether oxygens (including phenoxy) is 1. The molecule has 134 valence electrons. The van der Waals surface area contributed by atoms with Crippen molar-refractivity contribution in [2.45, 2.75) is 49.5 Å². The van der Waals surface area contributed by atoms with E-state index in [0.717, 1.165) is 65.0 Å². The van der Waals surface area contributed by atoms with Crippen LogP contribution in [0.5, 0.6) is 0 Å². The summed E-state index contributed by atoms with van der Waals surface area (Å²) in [4.78, 5) is 2.43. The predicted octanol–water partition coefficient (Wildman–Crippen LogP) is 2.33. The standard InChI is InChI=1S/C20H31NO3/c22-15-11-19(18-6-2-1-3-7-18,20(23)8-4-5-9-20)10-12-21-13-16-24-17-14-21/h1-3,6-7,22-23H,4-5,8-17H2/t19-/m0/s1. The van der Waals surface area contributed by atoms with Gasteiger partial charge in [0.05, 0.1) is 18.8 Å². The van der Waals surface area contributed by atoms with Crippen LogP contribution in [0.25, 0.3) is 0 Å². The highest BCUT2D eigenvalue weighted by Gasteiger charge is 2.51. The maximum atomic E-state index is 11.6. The van der Waals surface area contributed by atoms with Crippen LogP contribution in [0.2, 0.25) is 0 Å². The maximum Gasteiger partial charge on any atom is 0.0745 e. The fourth-order valence-corrected chi connectivity index (χ4v) is 4.71.